The van der Waals surface area contributed by atoms with E-state index in [2.05, 4.69) is 26.0 Å². The Balaban J connectivity index is 2.17. The van der Waals surface area contributed by atoms with Crippen molar-refractivity contribution in [3.63, 3.8) is 0 Å². The van der Waals surface area contributed by atoms with Crippen LogP contribution in [0, 0.1) is 26.7 Å². The van der Waals surface area contributed by atoms with E-state index in [1.165, 1.54) is 5.56 Å². The van der Waals surface area contributed by atoms with Crippen LogP contribution in [-0.2, 0) is 20.7 Å². The molecule has 23 heavy (non-hydrogen) atoms. The highest BCUT2D eigenvalue weighted by atomic mass is 16.5. The summed E-state index contributed by atoms with van der Waals surface area (Å²) >= 11 is 0. The summed E-state index contributed by atoms with van der Waals surface area (Å²) < 4.78 is 5.14. The second kappa shape index (κ2) is 7.16. The minimum atomic E-state index is -0.427. The zero-order chi connectivity index (χ0) is 17.1. The number of aryl methyl sites for hydroxylation is 3. The molecule has 4 heteroatoms. The number of esters is 1. The molecule has 2 rings (SSSR count). The van der Waals surface area contributed by atoms with Gasteiger partial charge < -0.3 is 9.64 Å². The van der Waals surface area contributed by atoms with Gasteiger partial charge in [-0.15, -0.1) is 0 Å². The van der Waals surface area contributed by atoms with Gasteiger partial charge in [-0.3, -0.25) is 4.79 Å². The number of amides is 1. The minimum absolute atomic E-state index is 0.0162. The Morgan fingerprint density at radius 2 is 1.83 bits per heavy atom. The first-order valence-electron chi connectivity index (χ1n) is 8.36. The van der Waals surface area contributed by atoms with Crippen molar-refractivity contribution < 1.29 is 14.3 Å². The Hall–Kier alpha value is -1.84. The molecule has 2 unspecified atom stereocenters. The van der Waals surface area contributed by atoms with Gasteiger partial charge in [0.2, 0.25) is 5.91 Å². The number of hydrogen-bond acceptors (Lipinski definition) is 3. The van der Waals surface area contributed by atoms with Crippen LogP contribution in [0.4, 0.5) is 0 Å². The molecule has 1 aliphatic rings. The lowest BCUT2D eigenvalue weighted by molar-refractivity contribution is -0.152. The lowest BCUT2D eigenvalue weighted by Gasteiger charge is -2.24. The van der Waals surface area contributed by atoms with Gasteiger partial charge in [-0.05, 0) is 56.7 Å². The average Bonchev–Trinajstić information content (AvgIpc) is 2.85. The third-order valence-corrected chi connectivity index (χ3v) is 4.56. The Morgan fingerprint density at radius 3 is 2.39 bits per heavy atom. The normalized spacial score (nSPS) is 20.7. The van der Waals surface area contributed by atoms with Crippen molar-refractivity contribution in [2.75, 3.05) is 13.2 Å². The van der Waals surface area contributed by atoms with E-state index in [4.69, 9.17) is 4.74 Å². The van der Waals surface area contributed by atoms with Gasteiger partial charge in [0.05, 0.1) is 13.0 Å². The van der Waals surface area contributed by atoms with E-state index >= 15 is 0 Å². The van der Waals surface area contributed by atoms with Gasteiger partial charge >= 0.3 is 5.97 Å². The number of hydrogen-bond donors (Lipinski definition) is 0. The summed E-state index contributed by atoms with van der Waals surface area (Å²) in [5.41, 5.74) is 4.55. The molecule has 1 aliphatic heterocycles. The maximum absolute atomic E-state index is 12.8. The van der Waals surface area contributed by atoms with Gasteiger partial charge in [0, 0.05) is 6.54 Å². The van der Waals surface area contributed by atoms with Crippen molar-refractivity contribution >= 4 is 11.9 Å². The summed E-state index contributed by atoms with van der Waals surface area (Å²) in [7, 11) is 0. The molecule has 1 aromatic rings. The molecule has 0 radical (unpaired) electrons. The number of nitrogens with zero attached hydrogens (tertiary/aromatic N) is 1. The van der Waals surface area contributed by atoms with Crippen molar-refractivity contribution in [2.45, 2.75) is 53.5 Å². The summed E-state index contributed by atoms with van der Waals surface area (Å²) in [6.07, 6.45) is 1.04. The van der Waals surface area contributed by atoms with Crippen molar-refractivity contribution in [1.29, 1.82) is 0 Å². The third-order valence-electron chi connectivity index (χ3n) is 4.56. The van der Waals surface area contributed by atoms with Gasteiger partial charge in [0.1, 0.15) is 6.04 Å². The number of likely N-dealkylation sites (tertiary alicyclic amines) is 1. The Kier molecular flexibility index (Phi) is 5.45. The maximum atomic E-state index is 12.8. The minimum Gasteiger partial charge on any atom is -0.464 e. The standard InChI is InChI=1S/C19H27NO3/c1-6-23-19(22)17-9-13(3)11-20(17)18(21)10-16-14(4)7-12(2)8-15(16)5/h7-8,13,17H,6,9-11H2,1-5H3. The molecule has 1 aromatic carbocycles. The second-order valence-corrected chi connectivity index (χ2v) is 6.71. The average molecular weight is 317 g/mol. The van der Waals surface area contributed by atoms with E-state index in [9.17, 15) is 9.59 Å². The lowest BCUT2D eigenvalue weighted by Crippen LogP contribution is -2.42. The molecule has 4 nitrogen and oxygen atoms in total. The maximum Gasteiger partial charge on any atom is 0.328 e. The summed E-state index contributed by atoms with van der Waals surface area (Å²) in [5, 5.41) is 0. The van der Waals surface area contributed by atoms with E-state index in [0.29, 0.717) is 31.9 Å². The van der Waals surface area contributed by atoms with Crippen LogP contribution in [0.15, 0.2) is 12.1 Å². The van der Waals surface area contributed by atoms with Crippen LogP contribution in [0.3, 0.4) is 0 Å². The molecule has 126 valence electrons. The van der Waals surface area contributed by atoms with Crippen molar-refractivity contribution in [3.05, 3.63) is 34.4 Å². The Morgan fingerprint density at radius 1 is 1.22 bits per heavy atom. The Labute approximate surface area is 138 Å². The lowest BCUT2D eigenvalue weighted by atomic mass is 9.97. The molecule has 0 aliphatic carbocycles. The number of rotatable bonds is 4. The quantitative estimate of drug-likeness (QED) is 0.802. The van der Waals surface area contributed by atoms with Gasteiger partial charge in [0.25, 0.3) is 0 Å². The van der Waals surface area contributed by atoms with Crippen LogP contribution >= 0.6 is 0 Å². The van der Waals surface area contributed by atoms with E-state index in [1.807, 2.05) is 13.8 Å². The van der Waals surface area contributed by atoms with E-state index in [0.717, 1.165) is 16.7 Å². The first-order chi connectivity index (χ1) is 10.8. The number of ether oxygens (including phenoxy) is 1. The largest absolute Gasteiger partial charge is 0.464 e. The molecule has 1 amide bonds. The van der Waals surface area contributed by atoms with Crippen molar-refractivity contribution in [3.8, 4) is 0 Å². The Bertz CT molecular complexity index is 586. The molecule has 0 aromatic heterocycles. The van der Waals surface area contributed by atoms with E-state index < -0.39 is 6.04 Å². The number of benzene rings is 1. The van der Waals surface area contributed by atoms with Crippen molar-refractivity contribution in [2.24, 2.45) is 5.92 Å². The molecule has 0 saturated carbocycles. The molecule has 2 atom stereocenters. The first kappa shape index (κ1) is 17.5. The highest BCUT2D eigenvalue weighted by molar-refractivity contribution is 5.86. The summed E-state index contributed by atoms with van der Waals surface area (Å²) in [6, 6.07) is 3.78. The fourth-order valence-corrected chi connectivity index (χ4v) is 3.52. The molecular formula is C19H27NO3. The second-order valence-electron chi connectivity index (χ2n) is 6.71. The topological polar surface area (TPSA) is 46.6 Å². The summed E-state index contributed by atoms with van der Waals surface area (Å²) in [6.45, 7) is 11.0. The van der Waals surface area contributed by atoms with E-state index in [-0.39, 0.29) is 11.9 Å². The number of carbonyl (C=O) groups is 2. The van der Waals surface area contributed by atoms with Gasteiger partial charge in [-0.1, -0.05) is 24.6 Å². The van der Waals surface area contributed by atoms with Crippen LogP contribution < -0.4 is 0 Å². The smallest absolute Gasteiger partial charge is 0.328 e. The van der Waals surface area contributed by atoms with Crippen LogP contribution in [0.25, 0.3) is 0 Å². The van der Waals surface area contributed by atoms with Crippen LogP contribution in [0.5, 0.6) is 0 Å². The zero-order valence-corrected chi connectivity index (χ0v) is 14.8. The number of carbonyl (C=O) groups excluding carboxylic acids is 2. The molecule has 1 heterocycles. The van der Waals surface area contributed by atoms with Gasteiger partial charge in [0.15, 0.2) is 0 Å². The molecule has 1 saturated heterocycles. The fourth-order valence-electron chi connectivity index (χ4n) is 3.52. The predicted octanol–water partition coefficient (Wildman–Crippen LogP) is 2.95. The molecular weight excluding hydrogens is 290 g/mol. The third kappa shape index (κ3) is 3.92. The molecule has 0 spiro atoms. The van der Waals surface area contributed by atoms with Gasteiger partial charge in [-0.25, -0.2) is 4.79 Å². The van der Waals surface area contributed by atoms with Crippen molar-refractivity contribution in [1.82, 2.24) is 4.90 Å². The van der Waals surface area contributed by atoms with Gasteiger partial charge in [-0.2, -0.15) is 0 Å². The molecule has 1 fully saturated rings. The zero-order valence-electron chi connectivity index (χ0n) is 14.8. The predicted molar refractivity (Wildman–Crippen MR) is 90.3 cm³/mol. The molecule has 0 bridgehead atoms. The highest BCUT2D eigenvalue weighted by Crippen LogP contribution is 2.26. The molecule has 0 N–H and O–H groups in total. The van der Waals surface area contributed by atoms with Crippen LogP contribution in [0.1, 0.15) is 42.5 Å². The SMILES string of the molecule is CCOC(=O)C1CC(C)CN1C(=O)Cc1c(C)cc(C)cc1C. The monoisotopic (exact) mass is 317 g/mol. The highest BCUT2D eigenvalue weighted by Gasteiger charge is 2.38. The summed E-state index contributed by atoms with van der Waals surface area (Å²) in [5.74, 6) is 0.0681. The first-order valence-corrected chi connectivity index (χ1v) is 8.36. The summed E-state index contributed by atoms with van der Waals surface area (Å²) in [4.78, 5) is 26.6. The van der Waals surface area contributed by atoms with Crippen LogP contribution in [0.2, 0.25) is 0 Å². The van der Waals surface area contributed by atoms with Crippen LogP contribution in [-0.4, -0.2) is 36.0 Å². The fraction of sp³-hybridized carbons (Fsp3) is 0.579. The van der Waals surface area contributed by atoms with E-state index in [1.54, 1.807) is 11.8 Å².